The molecule has 1 heterocycles. The van der Waals surface area contributed by atoms with Gasteiger partial charge in [0.1, 0.15) is 10.1 Å². The van der Waals surface area contributed by atoms with Gasteiger partial charge >= 0.3 is 0 Å². The van der Waals surface area contributed by atoms with Crippen LogP contribution in [0.15, 0.2) is 96.3 Å². The summed E-state index contributed by atoms with van der Waals surface area (Å²) in [6.45, 7) is 1.82. The minimum atomic E-state index is -4.27. The summed E-state index contributed by atoms with van der Waals surface area (Å²) in [5, 5.41) is 1.71. The van der Waals surface area contributed by atoms with E-state index in [-0.39, 0.29) is 4.90 Å². The molecule has 0 saturated heterocycles. The van der Waals surface area contributed by atoms with Gasteiger partial charge < -0.3 is 4.55 Å². The fraction of sp³-hybridized carbons (Fsp3) is 0.0952. The third-order valence-electron chi connectivity index (χ3n) is 3.63. The van der Waals surface area contributed by atoms with Crippen molar-refractivity contribution in [2.75, 3.05) is 12.2 Å². The lowest BCUT2D eigenvalue weighted by Gasteiger charge is -2.15. The molecule has 1 aromatic heterocycles. The number of nitrogens with zero attached hydrogens (tertiary/aromatic N) is 2. The maximum Gasteiger partial charge on any atom is 0.193 e. The third-order valence-corrected chi connectivity index (χ3v) is 4.48. The normalized spacial score (nSPS) is 11.0. The molecule has 0 bridgehead atoms. The number of rotatable bonds is 5. The summed E-state index contributed by atoms with van der Waals surface area (Å²) in [6.07, 6.45) is 7.73. The predicted molar refractivity (Wildman–Crippen MR) is 107 cm³/mol. The molecule has 3 aromatic rings. The molecule has 0 N–H and O–H groups in total. The lowest BCUT2D eigenvalue weighted by atomic mass is 10.2. The maximum atomic E-state index is 10.4. The molecule has 0 amide bonds. The van der Waals surface area contributed by atoms with Gasteiger partial charge in [0.2, 0.25) is 0 Å². The molecule has 0 aliphatic rings. The van der Waals surface area contributed by atoms with Gasteiger partial charge in [0, 0.05) is 12.1 Å². The molecule has 0 radical (unpaired) electrons. The quantitative estimate of drug-likeness (QED) is 0.374. The minimum Gasteiger partial charge on any atom is -0.744 e. The zero-order valence-electron chi connectivity index (χ0n) is 15.7. The van der Waals surface area contributed by atoms with Gasteiger partial charge in [0.05, 0.1) is 23.9 Å². The Bertz CT molecular complexity index is 974. The van der Waals surface area contributed by atoms with Crippen molar-refractivity contribution in [2.45, 2.75) is 11.8 Å². The number of pyridine rings is 1. The van der Waals surface area contributed by atoms with E-state index in [1.54, 1.807) is 24.3 Å². The van der Waals surface area contributed by atoms with Crippen molar-refractivity contribution in [3.63, 3.8) is 0 Å². The summed E-state index contributed by atoms with van der Waals surface area (Å²) in [4.78, 5) is 5.11. The highest BCUT2D eigenvalue weighted by atomic mass is 32.2. The van der Waals surface area contributed by atoms with E-state index in [2.05, 4.69) is 0 Å². The summed E-state index contributed by atoms with van der Waals surface area (Å²) in [5.41, 5.74) is 1.92. The smallest absolute Gasteiger partial charge is 0.193 e. The number of hydrogen-bond acceptors (Lipinski definition) is 5. The first kappa shape index (κ1) is 21.3. The van der Waals surface area contributed by atoms with Gasteiger partial charge in [0.15, 0.2) is 18.6 Å². The molecule has 2 aromatic carbocycles. The summed E-state index contributed by atoms with van der Waals surface area (Å²) in [7, 11) is -2.62. The Kier molecular flexibility index (Phi) is 7.88. The molecule has 7 heteroatoms. The standard InChI is InChI=1S/C14H15N2O.C7H8O3S/c1-17-16(14-8-4-2-5-9-14)13-12-15-10-6-3-7-11-15;1-6-2-4-7(5-3-6)11(8,9)10/h2-13H,1H3;2-5H,1H3,(H,8,9,10)/q+1;/p-1. The van der Waals surface area contributed by atoms with Crippen molar-refractivity contribution >= 4 is 22.0 Å². The molecule has 3 rings (SSSR count). The second-order valence-corrected chi connectivity index (χ2v) is 7.11. The first-order chi connectivity index (χ1) is 13.4. The van der Waals surface area contributed by atoms with Gasteiger partial charge in [-0.25, -0.2) is 13.5 Å². The fourth-order valence-corrected chi connectivity index (χ4v) is 2.65. The second-order valence-electron chi connectivity index (χ2n) is 5.73. The van der Waals surface area contributed by atoms with Crippen LogP contribution in [0.5, 0.6) is 0 Å². The van der Waals surface area contributed by atoms with Gasteiger partial charge in [-0.15, -0.1) is 0 Å². The van der Waals surface area contributed by atoms with Crippen molar-refractivity contribution in [3.05, 3.63) is 97.0 Å². The number of aryl methyl sites for hydroxylation is 1. The summed E-state index contributed by atoms with van der Waals surface area (Å²) in [6, 6.07) is 21.6. The Labute approximate surface area is 165 Å². The molecular formula is C21H22N2O4S. The molecule has 0 unspecified atom stereocenters. The molecule has 0 fully saturated rings. The Morgan fingerprint density at radius 2 is 1.50 bits per heavy atom. The number of hydrogen-bond donors (Lipinski definition) is 0. The molecule has 146 valence electrons. The summed E-state index contributed by atoms with van der Waals surface area (Å²) >= 11 is 0. The number of benzene rings is 2. The van der Waals surface area contributed by atoms with Crippen LogP contribution in [0.1, 0.15) is 5.56 Å². The Morgan fingerprint density at radius 3 is 2.04 bits per heavy atom. The van der Waals surface area contributed by atoms with Crippen LogP contribution in [-0.2, 0) is 15.0 Å². The molecule has 0 aliphatic heterocycles. The minimum absolute atomic E-state index is 0.178. The highest BCUT2D eigenvalue weighted by Crippen LogP contribution is 2.13. The number of anilines is 1. The third kappa shape index (κ3) is 6.96. The lowest BCUT2D eigenvalue weighted by Crippen LogP contribution is -2.26. The molecule has 28 heavy (non-hydrogen) atoms. The molecule has 6 nitrogen and oxygen atoms in total. The highest BCUT2D eigenvalue weighted by Gasteiger charge is 2.01. The largest absolute Gasteiger partial charge is 0.744 e. The van der Waals surface area contributed by atoms with E-state index in [1.165, 1.54) is 12.1 Å². The van der Waals surface area contributed by atoms with E-state index in [0.717, 1.165) is 11.3 Å². The van der Waals surface area contributed by atoms with Crippen LogP contribution in [0.25, 0.3) is 6.20 Å². The SMILES string of the molecule is CON(C=C[n+]1ccccc1)c1ccccc1.Cc1ccc(S(=O)(=O)[O-])cc1. The van der Waals surface area contributed by atoms with Crippen LogP contribution in [0.4, 0.5) is 5.69 Å². The zero-order valence-corrected chi connectivity index (χ0v) is 16.5. The maximum absolute atomic E-state index is 10.4. The first-order valence-corrected chi connectivity index (χ1v) is 9.86. The van der Waals surface area contributed by atoms with E-state index in [9.17, 15) is 13.0 Å². The number of hydroxylamine groups is 1. The van der Waals surface area contributed by atoms with Crippen molar-refractivity contribution in [1.29, 1.82) is 0 Å². The Morgan fingerprint density at radius 1 is 0.929 bits per heavy atom. The fourth-order valence-electron chi connectivity index (χ4n) is 2.18. The zero-order chi connectivity index (χ0) is 20.4. The highest BCUT2D eigenvalue weighted by molar-refractivity contribution is 7.85. The van der Waals surface area contributed by atoms with Crippen molar-refractivity contribution in [2.24, 2.45) is 0 Å². The van der Waals surface area contributed by atoms with Crippen LogP contribution in [0, 0.1) is 6.92 Å². The van der Waals surface area contributed by atoms with Gasteiger partial charge in [0.25, 0.3) is 0 Å². The van der Waals surface area contributed by atoms with Crippen LogP contribution < -0.4 is 9.63 Å². The molecular weight excluding hydrogens is 376 g/mol. The van der Waals surface area contributed by atoms with Crippen LogP contribution in [0.2, 0.25) is 0 Å². The topological polar surface area (TPSA) is 73.5 Å². The van der Waals surface area contributed by atoms with E-state index in [0.29, 0.717) is 0 Å². The van der Waals surface area contributed by atoms with Crippen LogP contribution in [-0.4, -0.2) is 20.1 Å². The van der Waals surface area contributed by atoms with Crippen molar-refractivity contribution in [3.8, 4) is 0 Å². The van der Waals surface area contributed by atoms with Crippen molar-refractivity contribution in [1.82, 2.24) is 0 Å². The van der Waals surface area contributed by atoms with Gasteiger partial charge in [-0.3, -0.25) is 4.84 Å². The number of aromatic nitrogens is 1. The second kappa shape index (κ2) is 10.4. The molecule has 0 atom stereocenters. The van der Waals surface area contributed by atoms with Crippen LogP contribution in [0.3, 0.4) is 0 Å². The summed E-state index contributed by atoms with van der Waals surface area (Å²) < 4.78 is 33.1. The Hall–Kier alpha value is -3.00. The van der Waals surface area contributed by atoms with Crippen LogP contribution >= 0.6 is 0 Å². The monoisotopic (exact) mass is 398 g/mol. The molecule has 0 aliphatic carbocycles. The average molecular weight is 398 g/mol. The Balaban J connectivity index is 0.000000221. The molecule has 0 saturated carbocycles. The summed E-state index contributed by atoms with van der Waals surface area (Å²) in [5.74, 6) is 0. The lowest BCUT2D eigenvalue weighted by molar-refractivity contribution is -0.568. The van der Waals surface area contributed by atoms with E-state index in [4.69, 9.17) is 4.84 Å². The first-order valence-electron chi connectivity index (χ1n) is 8.45. The van der Waals surface area contributed by atoms with E-state index < -0.39 is 10.1 Å². The van der Waals surface area contributed by atoms with Gasteiger partial charge in [-0.05, 0) is 31.2 Å². The predicted octanol–water partition coefficient (Wildman–Crippen LogP) is 3.37. The van der Waals surface area contributed by atoms with Gasteiger partial charge in [-0.2, -0.15) is 4.57 Å². The average Bonchev–Trinajstić information content (AvgIpc) is 2.70. The van der Waals surface area contributed by atoms with Crippen molar-refractivity contribution < 1.29 is 22.4 Å². The molecule has 0 spiro atoms. The number of para-hydroxylation sites is 1. The van der Waals surface area contributed by atoms with E-state index in [1.807, 2.05) is 84.8 Å². The van der Waals surface area contributed by atoms with Gasteiger partial charge in [-0.1, -0.05) is 42.0 Å². The van der Waals surface area contributed by atoms with E-state index >= 15 is 0 Å².